The highest BCUT2D eigenvalue weighted by Crippen LogP contribution is 2.27. The first kappa shape index (κ1) is 20.1. The summed E-state index contributed by atoms with van der Waals surface area (Å²) in [5, 5.41) is 12.1. The molecule has 1 heterocycles. The third-order valence-corrected chi connectivity index (χ3v) is 5.68. The zero-order valence-corrected chi connectivity index (χ0v) is 17.2. The molecule has 0 unspecified atom stereocenters. The summed E-state index contributed by atoms with van der Waals surface area (Å²) >= 11 is 1.43. The van der Waals surface area contributed by atoms with Gasteiger partial charge in [-0.2, -0.15) is 0 Å². The zero-order valence-electron chi connectivity index (χ0n) is 16.3. The van der Waals surface area contributed by atoms with Crippen LogP contribution in [0.4, 0.5) is 0 Å². The SMILES string of the molecule is CCn1c(C)nnc1SCC(=O)NCCC(c1ccccc1)c1ccccc1. The predicted molar refractivity (Wildman–Crippen MR) is 114 cm³/mol. The van der Waals surface area contributed by atoms with Crippen molar-refractivity contribution in [2.75, 3.05) is 12.3 Å². The van der Waals surface area contributed by atoms with E-state index in [2.05, 4.69) is 64.0 Å². The quantitative estimate of drug-likeness (QED) is 0.557. The Morgan fingerprint density at radius 3 is 2.21 bits per heavy atom. The minimum atomic E-state index is 0.0215. The zero-order chi connectivity index (χ0) is 19.8. The van der Waals surface area contributed by atoms with Crippen LogP contribution in [0.15, 0.2) is 65.8 Å². The first-order chi connectivity index (χ1) is 13.7. The van der Waals surface area contributed by atoms with Crippen LogP contribution in [0, 0.1) is 6.92 Å². The van der Waals surface area contributed by atoms with Gasteiger partial charge in [-0.3, -0.25) is 4.79 Å². The molecular weight excluding hydrogens is 368 g/mol. The van der Waals surface area contributed by atoms with Crippen LogP contribution >= 0.6 is 11.8 Å². The fourth-order valence-corrected chi connectivity index (χ4v) is 4.14. The van der Waals surface area contributed by atoms with Crippen molar-refractivity contribution < 1.29 is 4.79 Å². The maximum Gasteiger partial charge on any atom is 0.230 e. The van der Waals surface area contributed by atoms with Crippen molar-refractivity contribution in [2.45, 2.75) is 37.9 Å². The molecule has 1 amide bonds. The smallest absolute Gasteiger partial charge is 0.230 e. The minimum Gasteiger partial charge on any atom is -0.355 e. The number of aryl methyl sites for hydroxylation is 1. The predicted octanol–water partition coefficient (Wildman–Crippen LogP) is 4.04. The molecule has 0 saturated heterocycles. The van der Waals surface area contributed by atoms with Gasteiger partial charge >= 0.3 is 0 Å². The number of amides is 1. The lowest BCUT2D eigenvalue weighted by atomic mass is 9.88. The molecule has 0 atom stereocenters. The normalized spacial score (nSPS) is 11.0. The molecule has 0 bridgehead atoms. The Hall–Kier alpha value is -2.60. The van der Waals surface area contributed by atoms with Gasteiger partial charge in [0.25, 0.3) is 0 Å². The lowest BCUT2D eigenvalue weighted by molar-refractivity contribution is -0.118. The van der Waals surface area contributed by atoms with Gasteiger partial charge < -0.3 is 9.88 Å². The Kier molecular flexibility index (Phi) is 7.25. The molecule has 0 saturated carbocycles. The van der Waals surface area contributed by atoms with Gasteiger partial charge in [-0.25, -0.2) is 0 Å². The summed E-state index contributed by atoms with van der Waals surface area (Å²) in [6.45, 7) is 5.41. The third-order valence-electron chi connectivity index (χ3n) is 4.71. The summed E-state index contributed by atoms with van der Waals surface area (Å²) in [5.41, 5.74) is 2.53. The lowest BCUT2D eigenvalue weighted by Crippen LogP contribution is -2.27. The fraction of sp³-hybridized carbons (Fsp3) is 0.318. The molecule has 28 heavy (non-hydrogen) atoms. The molecule has 0 spiro atoms. The van der Waals surface area contributed by atoms with Gasteiger partial charge in [0.05, 0.1) is 5.75 Å². The van der Waals surface area contributed by atoms with Crippen LogP contribution in [-0.2, 0) is 11.3 Å². The molecule has 0 fully saturated rings. The number of carbonyl (C=O) groups is 1. The summed E-state index contributed by atoms with van der Waals surface area (Å²) in [4.78, 5) is 12.3. The second-order valence-electron chi connectivity index (χ2n) is 6.58. The van der Waals surface area contributed by atoms with Crippen molar-refractivity contribution in [1.82, 2.24) is 20.1 Å². The van der Waals surface area contributed by atoms with Crippen LogP contribution < -0.4 is 5.32 Å². The van der Waals surface area contributed by atoms with Crippen molar-refractivity contribution in [3.63, 3.8) is 0 Å². The first-order valence-electron chi connectivity index (χ1n) is 9.58. The Morgan fingerprint density at radius 1 is 1.04 bits per heavy atom. The monoisotopic (exact) mass is 394 g/mol. The van der Waals surface area contributed by atoms with Crippen LogP contribution in [-0.4, -0.2) is 33.0 Å². The first-order valence-corrected chi connectivity index (χ1v) is 10.6. The fourth-order valence-electron chi connectivity index (χ4n) is 3.27. The van der Waals surface area contributed by atoms with Crippen LogP contribution in [0.1, 0.15) is 36.2 Å². The molecule has 1 N–H and O–H groups in total. The number of aromatic nitrogens is 3. The van der Waals surface area contributed by atoms with E-state index in [1.165, 1.54) is 22.9 Å². The summed E-state index contributed by atoms with van der Waals surface area (Å²) in [5.74, 6) is 1.51. The third kappa shape index (κ3) is 5.23. The molecule has 1 aromatic heterocycles. The van der Waals surface area contributed by atoms with Crippen molar-refractivity contribution in [1.29, 1.82) is 0 Å². The summed E-state index contributed by atoms with van der Waals surface area (Å²) in [7, 11) is 0. The van der Waals surface area contributed by atoms with Crippen molar-refractivity contribution in [3.8, 4) is 0 Å². The maximum atomic E-state index is 12.3. The molecule has 0 radical (unpaired) electrons. The molecule has 5 nitrogen and oxygen atoms in total. The van der Waals surface area contributed by atoms with E-state index in [0.717, 1.165) is 23.9 Å². The van der Waals surface area contributed by atoms with E-state index in [1.807, 2.05) is 30.5 Å². The van der Waals surface area contributed by atoms with Crippen LogP contribution in [0.2, 0.25) is 0 Å². The van der Waals surface area contributed by atoms with Gasteiger partial charge in [0.1, 0.15) is 5.82 Å². The molecular formula is C22H26N4OS. The van der Waals surface area contributed by atoms with E-state index in [4.69, 9.17) is 0 Å². The number of rotatable bonds is 9. The largest absolute Gasteiger partial charge is 0.355 e. The average molecular weight is 395 g/mol. The number of thioether (sulfide) groups is 1. The van der Waals surface area contributed by atoms with E-state index in [1.54, 1.807) is 0 Å². The van der Waals surface area contributed by atoms with Gasteiger partial charge in [0.15, 0.2) is 5.16 Å². The van der Waals surface area contributed by atoms with Crippen LogP contribution in [0.25, 0.3) is 0 Å². The van der Waals surface area contributed by atoms with Gasteiger partial charge in [-0.1, -0.05) is 72.4 Å². The van der Waals surface area contributed by atoms with Gasteiger partial charge in [-0.05, 0) is 31.4 Å². The molecule has 0 aliphatic carbocycles. The van der Waals surface area contributed by atoms with E-state index >= 15 is 0 Å². The highest BCUT2D eigenvalue weighted by molar-refractivity contribution is 7.99. The van der Waals surface area contributed by atoms with Crippen molar-refractivity contribution >= 4 is 17.7 Å². The highest BCUT2D eigenvalue weighted by atomic mass is 32.2. The lowest BCUT2D eigenvalue weighted by Gasteiger charge is -2.18. The van der Waals surface area contributed by atoms with Gasteiger partial charge in [-0.15, -0.1) is 10.2 Å². The Balaban J connectivity index is 1.54. The summed E-state index contributed by atoms with van der Waals surface area (Å²) < 4.78 is 2.01. The molecule has 3 rings (SSSR count). The number of hydrogen-bond donors (Lipinski definition) is 1. The van der Waals surface area contributed by atoms with Crippen molar-refractivity contribution in [3.05, 3.63) is 77.6 Å². The number of nitrogens with zero attached hydrogens (tertiary/aromatic N) is 3. The molecule has 146 valence electrons. The van der Waals surface area contributed by atoms with E-state index in [9.17, 15) is 4.79 Å². The van der Waals surface area contributed by atoms with Gasteiger partial charge in [0.2, 0.25) is 5.91 Å². The van der Waals surface area contributed by atoms with E-state index in [-0.39, 0.29) is 11.8 Å². The van der Waals surface area contributed by atoms with Gasteiger partial charge in [0, 0.05) is 19.0 Å². The second-order valence-corrected chi connectivity index (χ2v) is 7.52. The van der Waals surface area contributed by atoms with E-state index in [0.29, 0.717) is 12.3 Å². The van der Waals surface area contributed by atoms with E-state index < -0.39 is 0 Å². The molecule has 0 aliphatic rings. The van der Waals surface area contributed by atoms with Crippen molar-refractivity contribution in [2.24, 2.45) is 0 Å². The number of carbonyl (C=O) groups excluding carboxylic acids is 1. The minimum absolute atomic E-state index is 0.0215. The maximum absolute atomic E-state index is 12.3. The number of benzene rings is 2. The summed E-state index contributed by atoms with van der Waals surface area (Å²) in [6, 6.07) is 20.9. The van der Waals surface area contributed by atoms with Crippen LogP contribution in [0.5, 0.6) is 0 Å². The number of nitrogens with one attached hydrogen (secondary N) is 1. The highest BCUT2D eigenvalue weighted by Gasteiger charge is 2.15. The topological polar surface area (TPSA) is 59.8 Å². The molecule has 6 heteroatoms. The molecule has 2 aromatic carbocycles. The Bertz CT molecular complexity index is 841. The standard InChI is InChI=1S/C22H26N4OS/c1-3-26-17(2)24-25-22(26)28-16-21(27)23-15-14-20(18-10-6-4-7-11-18)19-12-8-5-9-13-19/h4-13,20H,3,14-16H2,1-2H3,(H,23,27). The van der Waals surface area contributed by atoms with Crippen LogP contribution in [0.3, 0.4) is 0 Å². The molecule has 0 aliphatic heterocycles. The Morgan fingerprint density at radius 2 is 1.64 bits per heavy atom. The molecule has 3 aromatic rings. The second kappa shape index (κ2) is 10.1. The average Bonchev–Trinajstić information content (AvgIpc) is 3.10. The summed E-state index contributed by atoms with van der Waals surface area (Å²) in [6.07, 6.45) is 0.856. The number of hydrogen-bond acceptors (Lipinski definition) is 4. The Labute approximate surface area is 170 Å².